The van der Waals surface area contributed by atoms with Gasteiger partial charge in [0.25, 0.3) is 5.91 Å². The summed E-state index contributed by atoms with van der Waals surface area (Å²) >= 11 is 1.56. The molecule has 3 nitrogen and oxygen atoms in total. The second-order valence-electron chi connectivity index (χ2n) is 5.92. The van der Waals surface area contributed by atoms with Gasteiger partial charge in [-0.2, -0.15) is 0 Å². The Balaban J connectivity index is 1.59. The summed E-state index contributed by atoms with van der Waals surface area (Å²) < 4.78 is 26.6. The average Bonchev–Trinajstić information content (AvgIpc) is 3.21. The van der Waals surface area contributed by atoms with Gasteiger partial charge in [0.2, 0.25) is 0 Å². The molecule has 1 aromatic heterocycles. The van der Waals surface area contributed by atoms with E-state index in [4.69, 9.17) is 0 Å². The minimum absolute atomic E-state index is 0.141. The fraction of sp³-hybridized carbons (Fsp3) is 0.0500. The van der Waals surface area contributed by atoms with Crippen LogP contribution in [0.15, 0.2) is 53.9 Å². The molecule has 3 aromatic rings. The zero-order valence-corrected chi connectivity index (χ0v) is 14.4. The molecule has 0 saturated heterocycles. The largest absolute Gasteiger partial charge is 0.381 e. The lowest BCUT2D eigenvalue weighted by Crippen LogP contribution is -2.03. The maximum atomic E-state index is 13.3. The molecule has 0 spiro atoms. The number of hydrogen-bond acceptors (Lipinski definition) is 3. The standard InChI is InChI=1S/C20H14F2N2OS/c21-13-6-12(7-14(22)8-13)11-23-15-3-4-19-17(9-15)18(20(25)24-19)10-16-2-1-5-26-16/h1-10,23H,11H2,(H,24,25). The van der Waals surface area contributed by atoms with E-state index in [1.54, 1.807) is 11.3 Å². The molecular weight excluding hydrogens is 354 g/mol. The van der Waals surface area contributed by atoms with Gasteiger partial charge < -0.3 is 10.6 Å². The van der Waals surface area contributed by atoms with Crippen LogP contribution in [0.1, 0.15) is 16.0 Å². The molecule has 1 aliphatic heterocycles. The molecular formula is C20H14F2N2OS. The predicted octanol–water partition coefficient (Wildman–Crippen LogP) is 5.13. The van der Waals surface area contributed by atoms with Crippen LogP contribution in [0, 0.1) is 11.6 Å². The third-order valence-corrected chi connectivity index (χ3v) is 4.87. The molecule has 130 valence electrons. The Hall–Kier alpha value is -2.99. The summed E-state index contributed by atoms with van der Waals surface area (Å²) in [7, 11) is 0. The Morgan fingerprint density at radius 1 is 1.08 bits per heavy atom. The van der Waals surface area contributed by atoms with Gasteiger partial charge in [-0.15, -0.1) is 11.3 Å². The number of fused-ring (bicyclic) bond motifs is 1. The summed E-state index contributed by atoms with van der Waals surface area (Å²) in [6.07, 6.45) is 1.86. The maximum Gasteiger partial charge on any atom is 0.256 e. The fourth-order valence-electron chi connectivity index (χ4n) is 2.87. The van der Waals surface area contributed by atoms with Gasteiger partial charge in [0, 0.05) is 34.4 Å². The number of nitrogens with one attached hydrogen (secondary N) is 2. The van der Waals surface area contributed by atoms with E-state index in [0.29, 0.717) is 11.1 Å². The molecule has 1 amide bonds. The molecule has 2 aromatic carbocycles. The van der Waals surface area contributed by atoms with Crippen LogP contribution in [0.5, 0.6) is 0 Å². The minimum atomic E-state index is -0.605. The van der Waals surface area contributed by atoms with Crippen LogP contribution in [-0.4, -0.2) is 5.91 Å². The summed E-state index contributed by atoms with van der Waals surface area (Å²) in [5.74, 6) is -1.35. The summed E-state index contributed by atoms with van der Waals surface area (Å²) in [5, 5.41) is 7.94. The summed E-state index contributed by atoms with van der Waals surface area (Å²) in [4.78, 5) is 13.2. The Kier molecular flexibility index (Phi) is 4.26. The van der Waals surface area contributed by atoms with E-state index in [-0.39, 0.29) is 12.5 Å². The predicted molar refractivity (Wildman–Crippen MR) is 101 cm³/mol. The van der Waals surface area contributed by atoms with Crippen LogP contribution < -0.4 is 10.6 Å². The van der Waals surface area contributed by atoms with E-state index in [1.807, 2.05) is 41.8 Å². The molecule has 0 bridgehead atoms. The maximum absolute atomic E-state index is 13.3. The first-order chi connectivity index (χ1) is 12.6. The lowest BCUT2D eigenvalue weighted by molar-refractivity contribution is -0.110. The summed E-state index contributed by atoms with van der Waals surface area (Å²) in [5.41, 5.74) is 3.43. The van der Waals surface area contributed by atoms with Gasteiger partial charge in [0.05, 0.1) is 5.57 Å². The Morgan fingerprint density at radius 2 is 1.88 bits per heavy atom. The Labute approximate surface area is 153 Å². The van der Waals surface area contributed by atoms with Crippen molar-refractivity contribution in [2.24, 2.45) is 0 Å². The van der Waals surface area contributed by atoms with E-state index < -0.39 is 11.6 Å². The molecule has 26 heavy (non-hydrogen) atoms. The molecule has 0 aliphatic carbocycles. The van der Waals surface area contributed by atoms with Crippen molar-refractivity contribution < 1.29 is 13.6 Å². The van der Waals surface area contributed by atoms with E-state index >= 15 is 0 Å². The topological polar surface area (TPSA) is 41.1 Å². The highest BCUT2D eigenvalue weighted by atomic mass is 32.1. The number of halogens is 2. The molecule has 2 N–H and O–H groups in total. The first kappa shape index (κ1) is 16.5. The number of rotatable bonds is 4. The second-order valence-corrected chi connectivity index (χ2v) is 6.90. The summed E-state index contributed by atoms with van der Waals surface area (Å²) in [6, 6.07) is 12.8. The van der Waals surface area contributed by atoms with Gasteiger partial charge in [0.1, 0.15) is 11.6 Å². The number of carbonyl (C=O) groups is 1. The molecule has 0 unspecified atom stereocenters. The molecule has 2 heterocycles. The zero-order chi connectivity index (χ0) is 18.1. The SMILES string of the molecule is O=C1Nc2ccc(NCc3cc(F)cc(F)c3)cc2C1=Cc1cccs1. The molecule has 4 rings (SSSR count). The van der Waals surface area contributed by atoms with Crippen LogP contribution in [0.4, 0.5) is 20.2 Å². The third-order valence-electron chi connectivity index (χ3n) is 4.05. The summed E-state index contributed by atoms with van der Waals surface area (Å²) in [6.45, 7) is 0.277. The second kappa shape index (κ2) is 6.72. The van der Waals surface area contributed by atoms with E-state index in [0.717, 1.165) is 27.9 Å². The van der Waals surface area contributed by atoms with Gasteiger partial charge in [-0.3, -0.25) is 4.79 Å². The molecule has 1 aliphatic rings. The van der Waals surface area contributed by atoms with Gasteiger partial charge in [-0.1, -0.05) is 6.07 Å². The van der Waals surface area contributed by atoms with Crippen LogP contribution >= 0.6 is 11.3 Å². The van der Waals surface area contributed by atoms with E-state index in [9.17, 15) is 13.6 Å². The molecule has 0 fully saturated rings. The number of benzene rings is 2. The first-order valence-electron chi connectivity index (χ1n) is 7.98. The molecule has 6 heteroatoms. The van der Waals surface area contributed by atoms with Gasteiger partial charge in [-0.05, 0) is 53.4 Å². The quantitative estimate of drug-likeness (QED) is 0.627. The minimum Gasteiger partial charge on any atom is -0.381 e. The number of amides is 1. The van der Waals surface area contributed by atoms with Crippen LogP contribution in [0.2, 0.25) is 0 Å². The number of carbonyl (C=O) groups excluding carboxylic acids is 1. The van der Waals surface area contributed by atoms with Crippen molar-refractivity contribution >= 4 is 40.3 Å². The Morgan fingerprint density at radius 3 is 2.62 bits per heavy atom. The first-order valence-corrected chi connectivity index (χ1v) is 8.86. The highest BCUT2D eigenvalue weighted by Crippen LogP contribution is 2.35. The van der Waals surface area contributed by atoms with Crippen LogP contribution in [0.25, 0.3) is 11.6 Å². The van der Waals surface area contributed by atoms with E-state index in [2.05, 4.69) is 10.6 Å². The van der Waals surface area contributed by atoms with Crippen LogP contribution in [0.3, 0.4) is 0 Å². The fourth-order valence-corrected chi connectivity index (χ4v) is 3.53. The van der Waals surface area contributed by atoms with E-state index in [1.165, 1.54) is 12.1 Å². The van der Waals surface area contributed by atoms with Crippen molar-refractivity contribution in [3.8, 4) is 0 Å². The van der Waals surface area contributed by atoms with Crippen molar-refractivity contribution in [3.05, 3.63) is 81.5 Å². The highest BCUT2D eigenvalue weighted by molar-refractivity contribution is 7.11. The Bertz CT molecular complexity index is 992. The van der Waals surface area contributed by atoms with Crippen LogP contribution in [-0.2, 0) is 11.3 Å². The molecule has 0 radical (unpaired) electrons. The number of thiophene rings is 1. The van der Waals surface area contributed by atoms with Crippen molar-refractivity contribution in [2.75, 3.05) is 10.6 Å². The monoisotopic (exact) mass is 368 g/mol. The van der Waals surface area contributed by atoms with Gasteiger partial charge in [-0.25, -0.2) is 8.78 Å². The normalized spacial score (nSPS) is 14.4. The van der Waals surface area contributed by atoms with Crippen molar-refractivity contribution in [2.45, 2.75) is 6.54 Å². The average molecular weight is 368 g/mol. The lowest BCUT2D eigenvalue weighted by atomic mass is 10.1. The smallest absolute Gasteiger partial charge is 0.256 e. The van der Waals surface area contributed by atoms with Crippen molar-refractivity contribution in [3.63, 3.8) is 0 Å². The van der Waals surface area contributed by atoms with Crippen molar-refractivity contribution in [1.29, 1.82) is 0 Å². The zero-order valence-electron chi connectivity index (χ0n) is 13.6. The lowest BCUT2D eigenvalue weighted by Gasteiger charge is -2.09. The van der Waals surface area contributed by atoms with Crippen molar-refractivity contribution in [1.82, 2.24) is 0 Å². The van der Waals surface area contributed by atoms with Gasteiger partial charge in [0.15, 0.2) is 0 Å². The third kappa shape index (κ3) is 3.36. The highest BCUT2D eigenvalue weighted by Gasteiger charge is 2.24. The number of anilines is 2. The van der Waals surface area contributed by atoms with Gasteiger partial charge >= 0.3 is 0 Å². The number of hydrogen-bond donors (Lipinski definition) is 2. The molecule has 0 atom stereocenters. The molecule has 0 saturated carbocycles.